The molecule has 0 saturated carbocycles. The Hall–Kier alpha value is -0.210. The number of nitrogens with one attached hydrogen (secondary N) is 1. The van der Waals surface area contributed by atoms with Crippen LogP contribution in [0.25, 0.3) is 0 Å². The molecule has 3 nitrogen and oxygen atoms in total. The van der Waals surface area contributed by atoms with Crippen LogP contribution in [0.2, 0.25) is 0 Å². The van der Waals surface area contributed by atoms with E-state index in [1.165, 1.54) is 11.3 Å². The van der Waals surface area contributed by atoms with Crippen LogP contribution in [-0.4, -0.2) is 8.42 Å². The van der Waals surface area contributed by atoms with Crippen LogP contribution >= 0.6 is 38.6 Å². The maximum atomic E-state index is 11.9. The first-order valence-corrected chi connectivity index (χ1v) is 8.74. The third-order valence-corrected chi connectivity index (χ3v) is 6.74. The van der Waals surface area contributed by atoms with Crippen molar-refractivity contribution in [3.63, 3.8) is 0 Å². The Morgan fingerprint density at radius 2 is 2.12 bits per heavy atom. The van der Waals surface area contributed by atoms with Crippen molar-refractivity contribution >= 4 is 48.6 Å². The van der Waals surface area contributed by atoms with Gasteiger partial charge >= 0.3 is 0 Å². The third kappa shape index (κ3) is 3.17. The molecular weight excluding hydrogens is 342 g/mol. The lowest BCUT2D eigenvalue weighted by molar-refractivity contribution is 0.584. The molecule has 2 heterocycles. The van der Waals surface area contributed by atoms with Crippen molar-refractivity contribution in [1.29, 1.82) is 0 Å². The average molecular weight is 352 g/mol. The standard InChI is InChI=1S/C10H10BrNO2S3/c1-7-4-5-15-8(7)6-12-17(13,14)10-3-2-9(11)16-10/h2-5,12H,6H2,1H3. The lowest BCUT2D eigenvalue weighted by Crippen LogP contribution is -2.22. The van der Waals surface area contributed by atoms with E-state index in [0.717, 1.165) is 14.2 Å². The SMILES string of the molecule is Cc1ccsc1CNS(=O)(=O)c1ccc(Br)s1. The molecule has 0 aliphatic heterocycles. The number of sulfonamides is 1. The minimum atomic E-state index is -3.39. The maximum absolute atomic E-state index is 11.9. The summed E-state index contributed by atoms with van der Waals surface area (Å²) in [5.74, 6) is 0. The van der Waals surface area contributed by atoms with Gasteiger partial charge in [-0.3, -0.25) is 0 Å². The Balaban J connectivity index is 2.11. The molecular formula is C10H10BrNO2S3. The molecule has 0 unspecified atom stereocenters. The Bertz CT molecular complexity index is 615. The van der Waals surface area contributed by atoms with E-state index in [0.29, 0.717) is 10.8 Å². The zero-order chi connectivity index (χ0) is 12.5. The van der Waals surface area contributed by atoms with Crippen LogP contribution in [0.5, 0.6) is 0 Å². The fourth-order valence-corrected chi connectivity index (χ4v) is 5.25. The summed E-state index contributed by atoms with van der Waals surface area (Å²) in [5, 5.41) is 1.96. The molecule has 1 N–H and O–H groups in total. The van der Waals surface area contributed by atoms with Crippen molar-refractivity contribution in [2.75, 3.05) is 0 Å². The van der Waals surface area contributed by atoms with Crippen LogP contribution in [-0.2, 0) is 16.6 Å². The van der Waals surface area contributed by atoms with Gasteiger partial charge in [-0.25, -0.2) is 13.1 Å². The van der Waals surface area contributed by atoms with Crippen LogP contribution in [0.4, 0.5) is 0 Å². The minimum Gasteiger partial charge on any atom is -0.206 e. The van der Waals surface area contributed by atoms with E-state index < -0.39 is 10.0 Å². The van der Waals surface area contributed by atoms with E-state index >= 15 is 0 Å². The molecule has 17 heavy (non-hydrogen) atoms. The summed E-state index contributed by atoms with van der Waals surface area (Å²) in [7, 11) is -3.39. The first-order valence-electron chi connectivity index (χ1n) is 4.77. The van der Waals surface area contributed by atoms with E-state index in [4.69, 9.17) is 0 Å². The predicted molar refractivity (Wildman–Crippen MR) is 75.1 cm³/mol. The molecule has 0 aliphatic rings. The summed E-state index contributed by atoms with van der Waals surface area (Å²) in [6.07, 6.45) is 0. The van der Waals surface area contributed by atoms with Crippen LogP contribution < -0.4 is 4.72 Å². The van der Waals surface area contributed by atoms with E-state index in [-0.39, 0.29) is 0 Å². The molecule has 0 amide bonds. The summed E-state index contributed by atoms with van der Waals surface area (Å²) in [6, 6.07) is 5.31. The van der Waals surface area contributed by atoms with Gasteiger partial charge in [0.2, 0.25) is 10.0 Å². The molecule has 0 bridgehead atoms. The fraction of sp³-hybridized carbons (Fsp3) is 0.200. The zero-order valence-corrected chi connectivity index (χ0v) is 13.0. The number of hydrogen-bond acceptors (Lipinski definition) is 4. The van der Waals surface area contributed by atoms with Crippen molar-refractivity contribution in [1.82, 2.24) is 4.72 Å². The second-order valence-electron chi connectivity index (χ2n) is 3.41. The maximum Gasteiger partial charge on any atom is 0.250 e. The molecule has 0 saturated heterocycles. The molecule has 2 aromatic rings. The zero-order valence-electron chi connectivity index (χ0n) is 8.94. The van der Waals surface area contributed by atoms with Gasteiger partial charge < -0.3 is 0 Å². The van der Waals surface area contributed by atoms with E-state index in [2.05, 4.69) is 20.7 Å². The number of halogens is 1. The van der Waals surface area contributed by atoms with Gasteiger partial charge in [-0.05, 0) is 52.0 Å². The van der Waals surface area contributed by atoms with Crippen molar-refractivity contribution in [2.45, 2.75) is 17.7 Å². The highest BCUT2D eigenvalue weighted by Gasteiger charge is 2.16. The second-order valence-corrected chi connectivity index (χ2v) is 8.87. The molecule has 0 spiro atoms. The molecule has 0 aromatic carbocycles. The summed E-state index contributed by atoms with van der Waals surface area (Å²) in [4.78, 5) is 1.05. The normalized spacial score (nSPS) is 11.9. The molecule has 0 fully saturated rings. The van der Waals surface area contributed by atoms with Gasteiger partial charge in [-0.15, -0.1) is 22.7 Å². The summed E-state index contributed by atoms with van der Waals surface area (Å²) in [5.41, 5.74) is 1.12. The highest BCUT2D eigenvalue weighted by atomic mass is 79.9. The number of thiophene rings is 2. The van der Waals surface area contributed by atoms with Crippen LogP contribution in [0.3, 0.4) is 0 Å². The van der Waals surface area contributed by atoms with Crippen LogP contribution in [0.1, 0.15) is 10.4 Å². The Labute approximate surface area is 117 Å². The summed E-state index contributed by atoms with van der Waals surface area (Å²) in [6.45, 7) is 2.32. The van der Waals surface area contributed by atoms with Gasteiger partial charge in [0.1, 0.15) is 4.21 Å². The van der Waals surface area contributed by atoms with Crippen molar-refractivity contribution < 1.29 is 8.42 Å². The average Bonchev–Trinajstić information content (AvgIpc) is 2.85. The Morgan fingerprint density at radius 3 is 2.65 bits per heavy atom. The molecule has 92 valence electrons. The molecule has 0 atom stereocenters. The highest BCUT2D eigenvalue weighted by molar-refractivity contribution is 9.11. The van der Waals surface area contributed by atoms with E-state index in [9.17, 15) is 8.42 Å². The van der Waals surface area contributed by atoms with Gasteiger partial charge in [-0.2, -0.15) is 0 Å². The topological polar surface area (TPSA) is 46.2 Å². The quantitative estimate of drug-likeness (QED) is 0.917. The molecule has 2 rings (SSSR count). The lowest BCUT2D eigenvalue weighted by Gasteiger charge is -2.03. The van der Waals surface area contributed by atoms with Gasteiger partial charge in [0.05, 0.1) is 3.79 Å². The first kappa shape index (κ1) is 13.2. The van der Waals surface area contributed by atoms with Gasteiger partial charge in [0.25, 0.3) is 0 Å². The van der Waals surface area contributed by atoms with E-state index in [1.54, 1.807) is 23.5 Å². The Morgan fingerprint density at radius 1 is 1.35 bits per heavy atom. The second kappa shape index (κ2) is 5.19. The summed E-state index contributed by atoms with van der Waals surface area (Å²) < 4.78 is 27.6. The van der Waals surface area contributed by atoms with Gasteiger partial charge in [-0.1, -0.05) is 0 Å². The molecule has 7 heteroatoms. The number of rotatable bonds is 4. The minimum absolute atomic E-state index is 0.332. The fourth-order valence-electron chi connectivity index (χ4n) is 1.26. The number of hydrogen-bond donors (Lipinski definition) is 1. The van der Waals surface area contributed by atoms with Crippen molar-refractivity contribution in [3.05, 3.63) is 37.8 Å². The molecule has 2 aromatic heterocycles. The highest BCUT2D eigenvalue weighted by Crippen LogP contribution is 2.26. The van der Waals surface area contributed by atoms with Crippen LogP contribution in [0, 0.1) is 6.92 Å². The lowest BCUT2D eigenvalue weighted by atomic mass is 10.3. The predicted octanol–water partition coefficient (Wildman–Crippen LogP) is 3.36. The van der Waals surface area contributed by atoms with Gasteiger partial charge in [0.15, 0.2) is 0 Å². The van der Waals surface area contributed by atoms with Gasteiger partial charge in [0, 0.05) is 11.4 Å². The van der Waals surface area contributed by atoms with Crippen molar-refractivity contribution in [3.8, 4) is 0 Å². The van der Waals surface area contributed by atoms with Crippen molar-refractivity contribution in [2.24, 2.45) is 0 Å². The van der Waals surface area contributed by atoms with Crippen LogP contribution in [0.15, 0.2) is 31.6 Å². The largest absolute Gasteiger partial charge is 0.250 e. The summed E-state index contributed by atoms with van der Waals surface area (Å²) >= 11 is 6.02. The molecule has 0 aliphatic carbocycles. The monoisotopic (exact) mass is 351 g/mol. The van der Waals surface area contributed by atoms with E-state index in [1.807, 2.05) is 18.4 Å². The Kier molecular flexibility index (Phi) is 4.04. The number of aryl methyl sites for hydroxylation is 1. The first-order chi connectivity index (χ1) is 7.99. The smallest absolute Gasteiger partial charge is 0.206 e. The third-order valence-electron chi connectivity index (χ3n) is 2.20. The molecule has 0 radical (unpaired) electrons.